The van der Waals surface area contributed by atoms with Gasteiger partial charge in [0.15, 0.2) is 0 Å². The monoisotopic (exact) mass is 269 g/mol. The summed E-state index contributed by atoms with van der Waals surface area (Å²) in [5.41, 5.74) is -0.218. The van der Waals surface area contributed by atoms with Gasteiger partial charge in [0.05, 0.1) is 5.92 Å². The molecule has 0 aromatic rings. The lowest BCUT2D eigenvalue weighted by Crippen LogP contribution is -2.45. The highest BCUT2D eigenvalue weighted by Crippen LogP contribution is 2.13. The van der Waals surface area contributed by atoms with Gasteiger partial charge >= 0.3 is 0 Å². The Hall–Kier alpha value is -1.10. The Bertz CT molecular complexity index is 315. The van der Waals surface area contributed by atoms with Gasteiger partial charge < -0.3 is 16.0 Å². The van der Waals surface area contributed by atoms with Crippen LogP contribution in [0.15, 0.2) is 0 Å². The lowest BCUT2D eigenvalue weighted by molar-refractivity contribution is -0.126. The van der Waals surface area contributed by atoms with E-state index in [1.807, 2.05) is 20.8 Å². The van der Waals surface area contributed by atoms with E-state index in [-0.39, 0.29) is 23.3 Å². The van der Waals surface area contributed by atoms with Gasteiger partial charge in [0.1, 0.15) is 0 Å². The molecule has 1 aliphatic heterocycles. The van der Waals surface area contributed by atoms with Gasteiger partial charge in [0, 0.05) is 31.1 Å². The molecule has 1 rings (SSSR count). The Balaban J connectivity index is 2.18. The molecule has 2 unspecified atom stereocenters. The molecule has 3 N–H and O–H groups in total. The van der Waals surface area contributed by atoms with E-state index in [2.05, 4.69) is 22.9 Å². The predicted octanol–water partition coefficient (Wildman–Crippen LogP) is 0.796. The molecule has 110 valence electrons. The number of rotatable bonds is 4. The van der Waals surface area contributed by atoms with Crippen molar-refractivity contribution < 1.29 is 9.59 Å². The van der Waals surface area contributed by atoms with Crippen LogP contribution in [0.2, 0.25) is 0 Å². The van der Waals surface area contributed by atoms with E-state index in [1.54, 1.807) is 0 Å². The molecule has 1 fully saturated rings. The lowest BCUT2D eigenvalue weighted by Gasteiger charge is -2.26. The van der Waals surface area contributed by atoms with Crippen molar-refractivity contribution in [1.29, 1.82) is 0 Å². The molecule has 0 aromatic carbocycles. The standard InChI is InChI=1S/C14H27N3O2/c1-10-5-6-11(9-16-10)13(19)15-8-7-12(18)17-14(2,3)4/h10-11,16H,5-9H2,1-4H3,(H,15,19)(H,17,18). The van der Waals surface area contributed by atoms with Gasteiger partial charge in [0.2, 0.25) is 11.8 Å². The molecule has 0 aromatic heterocycles. The van der Waals surface area contributed by atoms with E-state index in [0.29, 0.717) is 19.0 Å². The van der Waals surface area contributed by atoms with Crippen LogP contribution >= 0.6 is 0 Å². The van der Waals surface area contributed by atoms with E-state index in [4.69, 9.17) is 0 Å². The summed E-state index contributed by atoms with van der Waals surface area (Å²) in [5, 5.41) is 9.02. The van der Waals surface area contributed by atoms with E-state index in [9.17, 15) is 9.59 Å². The smallest absolute Gasteiger partial charge is 0.224 e. The van der Waals surface area contributed by atoms with Crippen LogP contribution in [-0.2, 0) is 9.59 Å². The van der Waals surface area contributed by atoms with Crippen molar-refractivity contribution in [2.75, 3.05) is 13.1 Å². The number of carbonyl (C=O) groups excluding carboxylic acids is 2. The average molecular weight is 269 g/mol. The number of carbonyl (C=O) groups is 2. The topological polar surface area (TPSA) is 70.2 Å². The normalized spacial score (nSPS) is 23.8. The zero-order chi connectivity index (χ0) is 14.5. The van der Waals surface area contributed by atoms with Crippen molar-refractivity contribution in [3.63, 3.8) is 0 Å². The Kier molecular flexibility index (Phi) is 5.79. The first-order valence-corrected chi connectivity index (χ1v) is 7.10. The van der Waals surface area contributed by atoms with E-state index >= 15 is 0 Å². The average Bonchev–Trinajstić information content (AvgIpc) is 2.27. The zero-order valence-electron chi connectivity index (χ0n) is 12.5. The lowest BCUT2D eigenvalue weighted by atomic mass is 9.95. The molecule has 1 saturated heterocycles. The van der Waals surface area contributed by atoms with Gasteiger partial charge in [-0.1, -0.05) is 0 Å². The second-order valence-corrected chi connectivity index (χ2v) is 6.42. The van der Waals surface area contributed by atoms with E-state index < -0.39 is 0 Å². The highest BCUT2D eigenvalue weighted by atomic mass is 16.2. The van der Waals surface area contributed by atoms with E-state index in [0.717, 1.165) is 19.4 Å². The van der Waals surface area contributed by atoms with Gasteiger partial charge in [-0.25, -0.2) is 0 Å². The van der Waals surface area contributed by atoms with Crippen LogP contribution in [0.5, 0.6) is 0 Å². The third-order valence-electron chi connectivity index (χ3n) is 3.20. The largest absolute Gasteiger partial charge is 0.355 e. The first-order valence-electron chi connectivity index (χ1n) is 7.10. The maximum atomic E-state index is 11.9. The molecule has 1 aliphatic rings. The fourth-order valence-corrected chi connectivity index (χ4v) is 2.15. The number of hydrogen-bond acceptors (Lipinski definition) is 3. The molecule has 5 heteroatoms. The molecule has 0 saturated carbocycles. The molecule has 0 radical (unpaired) electrons. The highest BCUT2D eigenvalue weighted by Gasteiger charge is 2.23. The molecule has 2 atom stereocenters. The fourth-order valence-electron chi connectivity index (χ4n) is 2.15. The maximum Gasteiger partial charge on any atom is 0.224 e. The maximum absolute atomic E-state index is 11.9. The van der Waals surface area contributed by atoms with Crippen molar-refractivity contribution in [3.05, 3.63) is 0 Å². The molecule has 2 amide bonds. The van der Waals surface area contributed by atoms with Crippen molar-refractivity contribution >= 4 is 11.8 Å². The van der Waals surface area contributed by atoms with Crippen LogP contribution in [-0.4, -0.2) is 36.5 Å². The molecule has 19 heavy (non-hydrogen) atoms. The van der Waals surface area contributed by atoms with Crippen molar-refractivity contribution in [1.82, 2.24) is 16.0 Å². The Morgan fingerprint density at radius 2 is 1.95 bits per heavy atom. The summed E-state index contributed by atoms with van der Waals surface area (Å²) >= 11 is 0. The third kappa shape index (κ3) is 6.57. The molecule has 5 nitrogen and oxygen atoms in total. The molecule has 0 bridgehead atoms. The van der Waals surface area contributed by atoms with E-state index in [1.165, 1.54) is 0 Å². The third-order valence-corrected chi connectivity index (χ3v) is 3.20. The summed E-state index contributed by atoms with van der Waals surface area (Å²) in [5.74, 6) is 0.0769. The SMILES string of the molecule is CC1CCC(C(=O)NCCC(=O)NC(C)(C)C)CN1. The molecular weight excluding hydrogens is 242 g/mol. The van der Waals surface area contributed by atoms with Gasteiger partial charge in [-0.15, -0.1) is 0 Å². The molecule has 0 spiro atoms. The van der Waals surface area contributed by atoms with Crippen LogP contribution < -0.4 is 16.0 Å². The number of nitrogens with one attached hydrogen (secondary N) is 3. The van der Waals surface area contributed by atoms with Crippen molar-refractivity contribution in [2.24, 2.45) is 5.92 Å². The van der Waals surface area contributed by atoms with Crippen LogP contribution in [0.3, 0.4) is 0 Å². The minimum absolute atomic E-state index is 0.0248. The summed E-state index contributed by atoms with van der Waals surface area (Å²) in [6, 6.07) is 0.501. The second-order valence-electron chi connectivity index (χ2n) is 6.42. The van der Waals surface area contributed by atoms with Gasteiger partial charge in [-0.3, -0.25) is 9.59 Å². The molecule has 1 heterocycles. The second kappa shape index (κ2) is 6.89. The summed E-state index contributed by atoms with van der Waals surface area (Å²) in [6.45, 7) is 9.11. The number of hydrogen-bond donors (Lipinski definition) is 3. The Morgan fingerprint density at radius 1 is 1.26 bits per heavy atom. The minimum atomic E-state index is -0.218. The van der Waals surface area contributed by atoms with Crippen LogP contribution in [0.25, 0.3) is 0 Å². The summed E-state index contributed by atoms with van der Waals surface area (Å²) in [6.07, 6.45) is 2.29. The molecule has 0 aliphatic carbocycles. The highest BCUT2D eigenvalue weighted by molar-refractivity contribution is 5.81. The molecular formula is C14H27N3O2. The zero-order valence-corrected chi connectivity index (χ0v) is 12.5. The van der Waals surface area contributed by atoms with Crippen molar-refractivity contribution in [2.45, 2.75) is 58.5 Å². The van der Waals surface area contributed by atoms with Crippen molar-refractivity contribution in [3.8, 4) is 0 Å². The number of piperidine rings is 1. The van der Waals surface area contributed by atoms with Crippen LogP contribution in [0.1, 0.15) is 47.0 Å². The quantitative estimate of drug-likeness (QED) is 0.707. The van der Waals surface area contributed by atoms with Gasteiger partial charge in [0.25, 0.3) is 0 Å². The van der Waals surface area contributed by atoms with Gasteiger partial charge in [-0.05, 0) is 40.5 Å². The Labute approximate surface area is 115 Å². The summed E-state index contributed by atoms with van der Waals surface area (Å²) in [4.78, 5) is 23.5. The first-order chi connectivity index (χ1) is 8.78. The van der Waals surface area contributed by atoms with Crippen LogP contribution in [0.4, 0.5) is 0 Å². The number of amides is 2. The Morgan fingerprint density at radius 3 is 2.47 bits per heavy atom. The first kappa shape index (κ1) is 16.0. The predicted molar refractivity (Wildman–Crippen MR) is 75.7 cm³/mol. The van der Waals surface area contributed by atoms with Crippen LogP contribution in [0, 0.1) is 5.92 Å². The summed E-state index contributed by atoms with van der Waals surface area (Å²) < 4.78 is 0. The van der Waals surface area contributed by atoms with Gasteiger partial charge in [-0.2, -0.15) is 0 Å². The fraction of sp³-hybridized carbons (Fsp3) is 0.857. The minimum Gasteiger partial charge on any atom is -0.355 e. The summed E-state index contributed by atoms with van der Waals surface area (Å²) in [7, 11) is 0.